The van der Waals surface area contributed by atoms with E-state index < -0.39 is 24.3 Å². The van der Waals surface area contributed by atoms with Crippen LogP contribution in [0.1, 0.15) is 206 Å². The normalized spacial score (nSPS) is 13.7. The number of esters is 2. The minimum absolute atomic E-state index is 0.136. The van der Waals surface area contributed by atoms with Crippen molar-refractivity contribution in [3.63, 3.8) is 0 Å². The van der Waals surface area contributed by atoms with Crippen molar-refractivity contribution in [2.75, 3.05) is 47.5 Å². The van der Waals surface area contributed by atoms with Crippen LogP contribution in [0.3, 0.4) is 0 Å². The van der Waals surface area contributed by atoms with Gasteiger partial charge in [0.25, 0.3) is 0 Å². The molecule has 0 amide bonds. The molecule has 0 heterocycles. The number of unbranched alkanes of at least 4 members (excludes halogenated alkanes) is 16. The zero-order valence-corrected chi connectivity index (χ0v) is 47.0. The van der Waals surface area contributed by atoms with E-state index >= 15 is 0 Å². The van der Waals surface area contributed by atoms with Gasteiger partial charge in [-0.1, -0.05) is 206 Å². The van der Waals surface area contributed by atoms with Crippen molar-refractivity contribution in [2.24, 2.45) is 0 Å². The predicted octanol–water partition coefficient (Wildman–Crippen LogP) is 15.6. The molecule has 73 heavy (non-hydrogen) atoms. The molecule has 0 rings (SSSR count). The van der Waals surface area contributed by atoms with Crippen LogP contribution in [0.25, 0.3) is 0 Å². The quantitative estimate of drug-likeness (QED) is 0.0195. The molecule has 0 fully saturated rings. The minimum atomic E-state index is -1.64. The van der Waals surface area contributed by atoms with Crippen LogP contribution in [0.4, 0.5) is 0 Å². The van der Waals surface area contributed by atoms with Crippen molar-refractivity contribution >= 4 is 17.9 Å². The van der Waals surface area contributed by atoms with E-state index in [1.54, 1.807) is 0 Å². The topological polar surface area (TPSA) is 111 Å². The minimum Gasteiger partial charge on any atom is -0.545 e. The number of quaternary nitrogens is 1. The second-order valence-electron chi connectivity index (χ2n) is 19.8. The highest BCUT2D eigenvalue weighted by molar-refractivity contribution is 5.70. The highest BCUT2D eigenvalue weighted by Gasteiger charge is 2.22. The van der Waals surface area contributed by atoms with Gasteiger partial charge in [0.05, 0.1) is 40.3 Å². The Bertz CT molecular complexity index is 1610. The van der Waals surface area contributed by atoms with Crippen molar-refractivity contribution < 1.29 is 42.9 Å². The van der Waals surface area contributed by atoms with E-state index in [2.05, 4.69) is 135 Å². The Hall–Kier alpha value is -4.31. The summed E-state index contributed by atoms with van der Waals surface area (Å²) >= 11 is 0. The molecule has 9 nitrogen and oxygen atoms in total. The first-order valence-electron chi connectivity index (χ1n) is 28.7. The molecule has 9 heteroatoms. The average Bonchev–Trinajstić information content (AvgIpc) is 3.36. The number of allylic oxidation sites excluding steroid dienone is 20. The predicted molar refractivity (Wildman–Crippen MR) is 306 cm³/mol. The summed E-state index contributed by atoms with van der Waals surface area (Å²) in [5, 5.41) is 11.8. The molecule has 0 aromatic rings. The third-order valence-electron chi connectivity index (χ3n) is 11.7. The number of carboxylic acids is 1. The number of rotatable bonds is 51. The number of ether oxygens (including phenoxy) is 4. The van der Waals surface area contributed by atoms with Crippen molar-refractivity contribution in [3.8, 4) is 0 Å². The van der Waals surface area contributed by atoms with E-state index in [9.17, 15) is 19.5 Å². The molecule has 414 valence electrons. The van der Waals surface area contributed by atoms with E-state index in [0.29, 0.717) is 17.4 Å². The van der Waals surface area contributed by atoms with Gasteiger partial charge in [-0.15, -0.1) is 0 Å². The van der Waals surface area contributed by atoms with Crippen LogP contribution in [-0.4, -0.2) is 82.3 Å². The fraction of sp³-hybridized carbons (Fsp3) is 0.641. The lowest BCUT2D eigenvalue weighted by Crippen LogP contribution is -2.44. The van der Waals surface area contributed by atoms with Crippen LogP contribution in [0.5, 0.6) is 0 Å². The molecule has 2 atom stereocenters. The molecular formula is C64H105NO8. The number of hydrogen-bond acceptors (Lipinski definition) is 8. The molecule has 0 bridgehead atoms. The number of hydrogen-bond donors (Lipinski definition) is 0. The van der Waals surface area contributed by atoms with E-state index in [1.807, 2.05) is 21.1 Å². The van der Waals surface area contributed by atoms with Gasteiger partial charge < -0.3 is 33.3 Å². The van der Waals surface area contributed by atoms with E-state index in [1.165, 1.54) is 44.9 Å². The Morgan fingerprint density at radius 3 is 1.18 bits per heavy atom. The van der Waals surface area contributed by atoms with Gasteiger partial charge in [0.2, 0.25) is 0 Å². The average molecular weight is 1020 g/mol. The van der Waals surface area contributed by atoms with Gasteiger partial charge >= 0.3 is 11.9 Å². The van der Waals surface area contributed by atoms with Crippen LogP contribution < -0.4 is 5.11 Å². The maximum atomic E-state index is 12.8. The summed E-state index contributed by atoms with van der Waals surface area (Å²) in [4.78, 5) is 37.2. The molecule has 0 saturated carbocycles. The lowest BCUT2D eigenvalue weighted by atomic mass is 10.1. The molecule has 2 unspecified atom stereocenters. The molecule has 0 aliphatic heterocycles. The van der Waals surface area contributed by atoms with Gasteiger partial charge in [0.1, 0.15) is 13.2 Å². The zero-order chi connectivity index (χ0) is 53.4. The Morgan fingerprint density at radius 2 is 0.781 bits per heavy atom. The monoisotopic (exact) mass is 1020 g/mol. The number of carbonyl (C=O) groups excluding carboxylic acids is 3. The largest absolute Gasteiger partial charge is 0.545 e. The first-order chi connectivity index (χ1) is 35.6. The summed E-state index contributed by atoms with van der Waals surface area (Å²) in [7, 11) is 5.90. The van der Waals surface area contributed by atoms with Crippen molar-refractivity contribution in [1.82, 2.24) is 0 Å². The molecule has 0 spiro atoms. The highest BCUT2D eigenvalue weighted by atomic mass is 16.7. The van der Waals surface area contributed by atoms with Gasteiger partial charge in [-0.05, 0) is 109 Å². The van der Waals surface area contributed by atoms with E-state index in [-0.39, 0.29) is 38.6 Å². The number of aliphatic carboxylic acids is 1. The van der Waals surface area contributed by atoms with E-state index in [4.69, 9.17) is 18.9 Å². The van der Waals surface area contributed by atoms with Gasteiger partial charge in [-0.25, -0.2) is 0 Å². The van der Waals surface area contributed by atoms with Crippen molar-refractivity contribution in [2.45, 2.75) is 219 Å². The van der Waals surface area contributed by atoms with Gasteiger partial charge in [0, 0.05) is 12.8 Å². The number of carbonyl (C=O) groups is 3. The molecule has 0 aromatic carbocycles. The molecule has 0 radical (unpaired) electrons. The Kier molecular flexibility index (Phi) is 50.8. The van der Waals surface area contributed by atoms with Crippen molar-refractivity contribution in [3.05, 3.63) is 122 Å². The standard InChI is InChI=1S/C64H105NO8/c1-6-8-10-12-14-16-18-20-22-23-24-25-26-27-28-29-30-31-32-33-34-35-36-37-38-39-41-43-45-47-49-51-53-55-62(67)73-60(59-72-64(63(68)69)70-57-56-65(3,4)5)58-71-61(66)54-52-50-48-46-44-42-40-21-19-17-15-13-11-9-7-2/h8,10,14,16,20-22,24-25,27-28,30-31,33-34,36-37,39-41,60,64H,6-7,9,11-13,15,17-19,23,26,29,32,35,38,42-59H2,1-5H3/b10-8-,16-14-,22-20-,25-24-,28-27-,31-30-,34-33-,37-36-,40-21-,41-39-. The van der Waals surface area contributed by atoms with Gasteiger partial charge in [0.15, 0.2) is 12.4 Å². The third-order valence-corrected chi connectivity index (χ3v) is 11.7. The van der Waals surface area contributed by atoms with Crippen LogP contribution in [0.2, 0.25) is 0 Å². The summed E-state index contributed by atoms with van der Waals surface area (Å²) in [6, 6.07) is 0. The fourth-order valence-corrected chi connectivity index (χ4v) is 7.29. The van der Waals surface area contributed by atoms with Crippen LogP contribution in [-0.2, 0) is 33.3 Å². The molecule has 0 aliphatic rings. The highest BCUT2D eigenvalue weighted by Crippen LogP contribution is 2.13. The summed E-state index contributed by atoms with van der Waals surface area (Å²) in [6.07, 6.45) is 72.4. The van der Waals surface area contributed by atoms with Crippen molar-refractivity contribution in [1.29, 1.82) is 0 Å². The molecule has 0 N–H and O–H groups in total. The number of nitrogens with zero attached hydrogens (tertiary/aromatic N) is 1. The fourth-order valence-electron chi connectivity index (χ4n) is 7.29. The SMILES string of the molecule is CC/C=C\C/C=C\C/C=C\C/C=C\C/C=C\C/C=C\C/C=C\C/C=C\C/C=C\CCCCCCCC(=O)OC(COC(=O)CCCCCCC/C=C\CCCCCCCC)COC(OCC[N+](C)(C)C)C(=O)[O-]. The van der Waals surface area contributed by atoms with Crippen LogP contribution >= 0.6 is 0 Å². The first-order valence-corrected chi connectivity index (χ1v) is 28.7. The molecule has 0 aliphatic carbocycles. The van der Waals surface area contributed by atoms with Gasteiger partial charge in [-0.2, -0.15) is 0 Å². The number of likely N-dealkylation sites (N-methyl/N-ethyl adjacent to an activating group) is 1. The third kappa shape index (κ3) is 55.3. The summed E-state index contributed by atoms with van der Waals surface area (Å²) in [5.74, 6) is -2.33. The lowest BCUT2D eigenvalue weighted by molar-refractivity contribution is -0.870. The maximum absolute atomic E-state index is 12.8. The Balaban J connectivity index is 4.32. The van der Waals surface area contributed by atoms with Crippen LogP contribution in [0.15, 0.2) is 122 Å². The zero-order valence-electron chi connectivity index (χ0n) is 47.0. The summed E-state index contributed by atoms with van der Waals surface area (Å²) in [6.45, 7) is 4.57. The molecular weight excluding hydrogens is 911 g/mol. The summed E-state index contributed by atoms with van der Waals surface area (Å²) in [5.41, 5.74) is 0. The van der Waals surface area contributed by atoms with E-state index in [0.717, 1.165) is 128 Å². The first kappa shape index (κ1) is 68.7. The molecule has 0 saturated heterocycles. The molecule has 0 aromatic heterocycles. The lowest BCUT2D eigenvalue weighted by Gasteiger charge is -2.26. The maximum Gasteiger partial charge on any atom is 0.306 e. The second-order valence-corrected chi connectivity index (χ2v) is 19.8. The summed E-state index contributed by atoms with van der Waals surface area (Å²) < 4.78 is 22.6. The second kappa shape index (κ2) is 54.0. The van der Waals surface area contributed by atoms with Gasteiger partial charge in [-0.3, -0.25) is 9.59 Å². The number of carboxylic acid groups (broad SMARTS) is 1. The Morgan fingerprint density at radius 1 is 0.425 bits per heavy atom. The smallest absolute Gasteiger partial charge is 0.306 e. The Labute approximate surface area is 447 Å². The van der Waals surface area contributed by atoms with Crippen LogP contribution in [0, 0.1) is 0 Å².